The smallest absolute Gasteiger partial charge is 0.180 e. The van der Waals surface area contributed by atoms with E-state index in [2.05, 4.69) is 4.98 Å². The molecule has 1 aliphatic carbocycles. The summed E-state index contributed by atoms with van der Waals surface area (Å²) < 4.78 is 0. The zero-order chi connectivity index (χ0) is 8.55. The van der Waals surface area contributed by atoms with Crippen LogP contribution in [0.3, 0.4) is 0 Å². The van der Waals surface area contributed by atoms with Crippen molar-refractivity contribution in [2.24, 2.45) is 5.73 Å². The molecule has 1 unspecified atom stereocenters. The summed E-state index contributed by atoms with van der Waals surface area (Å²) in [5, 5.41) is 0.710. The zero-order valence-corrected chi connectivity index (χ0v) is 7.73. The maximum Gasteiger partial charge on any atom is 0.180 e. The fraction of sp³-hybridized carbons (Fsp3) is 0.625. The van der Waals surface area contributed by atoms with E-state index in [1.807, 2.05) is 0 Å². The standard InChI is InChI=1S/C8H13N3S/c9-4-3-5-1-2-6-7(5)12-8(10)11-6/h5H,1-4,9H2,(H2,10,11). The average molecular weight is 183 g/mol. The highest BCUT2D eigenvalue weighted by Gasteiger charge is 2.25. The number of nitrogen functional groups attached to an aromatic ring is 1. The van der Waals surface area contributed by atoms with E-state index < -0.39 is 0 Å². The fourth-order valence-corrected chi connectivity index (χ4v) is 2.85. The van der Waals surface area contributed by atoms with Crippen LogP contribution >= 0.6 is 11.3 Å². The molecule has 4 N–H and O–H groups in total. The van der Waals surface area contributed by atoms with Crippen LogP contribution in [0.2, 0.25) is 0 Å². The van der Waals surface area contributed by atoms with E-state index in [0.717, 1.165) is 19.4 Å². The Kier molecular flexibility index (Phi) is 2.02. The summed E-state index contributed by atoms with van der Waals surface area (Å²) in [6, 6.07) is 0. The molecule has 2 rings (SSSR count). The van der Waals surface area contributed by atoms with Crippen molar-refractivity contribution < 1.29 is 0 Å². The van der Waals surface area contributed by atoms with Crippen molar-refractivity contribution in [1.29, 1.82) is 0 Å². The topological polar surface area (TPSA) is 64.9 Å². The molecule has 1 aromatic heterocycles. The Morgan fingerprint density at radius 1 is 1.58 bits per heavy atom. The largest absolute Gasteiger partial charge is 0.375 e. The molecule has 3 nitrogen and oxygen atoms in total. The van der Waals surface area contributed by atoms with E-state index in [0.29, 0.717) is 11.0 Å². The van der Waals surface area contributed by atoms with Gasteiger partial charge in [0.2, 0.25) is 0 Å². The van der Waals surface area contributed by atoms with Gasteiger partial charge in [-0.1, -0.05) is 0 Å². The molecule has 0 saturated heterocycles. The second kappa shape index (κ2) is 3.03. The Hall–Kier alpha value is -0.610. The molecular formula is C8H13N3S. The first-order valence-electron chi connectivity index (χ1n) is 4.26. The van der Waals surface area contributed by atoms with E-state index in [1.54, 1.807) is 11.3 Å². The van der Waals surface area contributed by atoms with Crippen LogP contribution in [0, 0.1) is 0 Å². The van der Waals surface area contributed by atoms with Crippen molar-refractivity contribution in [1.82, 2.24) is 4.98 Å². The molecule has 0 radical (unpaired) electrons. The predicted molar refractivity (Wildman–Crippen MR) is 51.3 cm³/mol. The Bertz CT molecular complexity index is 282. The first kappa shape index (κ1) is 8.01. The summed E-state index contributed by atoms with van der Waals surface area (Å²) in [7, 11) is 0. The van der Waals surface area contributed by atoms with Crippen molar-refractivity contribution >= 4 is 16.5 Å². The van der Waals surface area contributed by atoms with Gasteiger partial charge in [-0.3, -0.25) is 0 Å². The van der Waals surface area contributed by atoms with E-state index in [4.69, 9.17) is 11.5 Å². The summed E-state index contributed by atoms with van der Waals surface area (Å²) in [6.07, 6.45) is 3.38. The maximum atomic E-state index is 5.62. The molecule has 66 valence electrons. The van der Waals surface area contributed by atoms with Crippen LogP contribution in [0.15, 0.2) is 0 Å². The maximum absolute atomic E-state index is 5.62. The third-order valence-electron chi connectivity index (χ3n) is 2.36. The van der Waals surface area contributed by atoms with Crippen LogP contribution < -0.4 is 11.5 Å². The van der Waals surface area contributed by atoms with E-state index in [1.165, 1.54) is 17.0 Å². The van der Waals surface area contributed by atoms with Crippen molar-refractivity contribution in [2.45, 2.75) is 25.2 Å². The first-order valence-corrected chi connectivity index (χ1v) is 5.08. The molecular weight excluding hydrogens is 170 g/mol. The summed E-state index contributed by atoms with van der Waals surface area (Å²) in [4.78, 5) is 5.67. The van der Waals surface area contributed by atoms with E-state index >= 15 is 0 Å². The third kappa shape index (κ3) is 1.21. The minimum absolute atomic E-state index is 0.639. The third-order valence-corrected chi connectivity index (χ3v) is 3.45. The molecule has 4 heteroatoms. The van der Waals surface area contributed by atoms with Crippen LogP contribution in [-0.4, -0.2) is 11.5 Å². The van der Waals surface area contributed by atoms with Crippen LogP contribution in [-0.2, 0) is 6.42 Å². The van der Waals surface area contributed by atoms with Gasteiger partial charge < -0.3 is 11.5 Å². The van der Waals surface area contributed by atoms with Crippen LogP contribution in [0.4, 0.5) is 5.13 Å². The molecule has 0 saturated carbocycles. The van der Waals surface area contributed by atoms with Gasteiger partial charge in [-0.05, 0) is 31.7 Å². The van der Waals surface area contributed by atoms with Gasteiger partial charge in [0, 0.05) is 4.88 Å². The molecule has 0 fully saturated rings. The normalized spacial score (nSPS) is 21.2. The number of thiazole rings is 1. The van der Waals surface area contributed by atoms with Gasteiger partial charge in [0.1, 0.15) is 0 Å². The van der Waals surface area contributed by atoms with Crippen LogP contribution in [0.25, 0.3) is 0 Å². The highest BCUT2D eigenvalue weighted by Crippen LogP contribution is 2.39. The molecule has 0 spiro atoms. The summed E-state index contributed by atoms with van der Waals surface area (Å²) in [5.74, 6) is 0.639. The molecule has 0 aromatic carbocycles. The number of rotatable bonds is 2. The zero-order valence-electron chi connectivity index (χ0n) is 6.92. The van der Waals surface area contributed by atoms with Crippen molar-refractivity contribution in [3.05, 3.63) is 10.6 Å². The first-order chi connectivity index (χ1) is 5.81. The molecule has 0 bridgehead atoms. The molecule has 1 heterocycles. The Balaban J connectivity index is 2.22. The minimum Gasteiger partial charge on any atom is -0.375 e. The van der Waals surface area contributed by atoms with Crippen molar-refractivity contribution in [3.63, 3.8) is 0 Å². The second-order valence-corrected chi connectivity index (χ2v) is 4.24. The number of fused-ring (bicyclic) bond motifs is 1. The van der Waals surface area contributed by atoms with E-state index in [9.17, 15) is 0 Å². The van der Waals surface area contributed by atoms with Gasteiger partial charge >= 0.3 is 0 Å². The summed E-state index contributed by atoms with van der Waals surface area (Å²) >= 11 is 1.64. The number of aryl methyl sites for hydroxylation is 1. The minimum atomic E-state index is 0.639. The fourth-order valence-electron chi connectivity index (χ4n) is 1.80. The Morgan fingerprint density at radius 3 is 3.17 bits per heavy atom. The number of aromatic nitrogens is 1. The highest BCUT2D eigenvalue weighted by molar-refractivity contribution is 7.15. The number of hydrogen-bond donors (Lipinski definition) is 2. The Labute approximate surface area is 75.8 Å². The van der Waals surface area contributed by atoms with Crippen LogP contribution in [0.1, 0.15) is 29.3 Å². The molecule has 1 aliphatic rings. The lowest BCUT2D eigenvalue weighted by atomic mass is 10.1. The number of nitrogens with two attached hydrogens (primary N) is 2. The lowest BCUT2D eigenvalue weighted by molar-refractivity contribution is 0.633. The lowest BCUT2D eigenvalue weighted by Crippen LogP contribution is -2.03. The second-order valence-electron chi connectivity index (χ2n) is 3.18. The quantitative estimate of drug-likeness (QED) is 0.721. The lowest BCUT2D eigenvalue weighted by Gasteiger charge is -2.05. The average Bonchev–Trinajstić information content (AvgIpc) is 2.52. The summed E-state index contributed by atoms with van der Waals surface area (Å²) in [6.45, 7) is 0.766. The molecule has 0 amide bonds. The Morgan fingerprint density at radius 2 is 2.42 bits per heavy atom. The van der Waals surface area contributed by atoms with Crippen molar-refractivity contribution in [3.8, 4) is 0 Å². The molecule has 1 aromatic rings. The molecule has 1 atom stereocenters. The van der Waals surface area contributed by atoms with Gasteiger partial charge in [-0.15, -0.1) is 11.3 Å². The number of hydrogen-bond acceptors (Lipinski definition) is 4. The van der Waals surface area contributed by atoms with Gasteiger partial charge in [0.15, 0.2) is 5.13 Å². The van der Waals surface area contributed by atoms with Gasteiger partial charge in [0.25, 0.3) is 0 Å². The number of anilines is 1. The predicted octanol–water partition coefficient (Wildman–Crippen LogP) is 1.10. The molecule has 12 heavy (non-hydrogen) atoms. The van der Waals surface area contributed by atoms with E-state index in [-0.39, 0.29) is 0 Å². The SMILES string of the molecule is NCCC1CCc2nc(N)sc21. The van der Waals surface area contributed by atoms with Gasteiger partial charge in [-0.25, -0.2) is 4.98 Å². The van der Waals surface area contributed by atoms with Crippen molar-refractivity contribution in [2.75, 3.05) is 12.3 Å². The molecule has 0 aliphatic heterocycles. The van der Waals surface area contributed by atoms with Crippen LogP contribution in [0.5, 0.6) is 0 Å². The van der Waals surface area contributed by atoms with Gasteiger partial charge in [-0.2, -0.15) is 0 Å². The monoisotopic (exact) mass is 183 g/mol. The summed E-state index contributed by atoms with van der Waals surface area (Å²) in [5.41, 5.74) is 12.4. The highest BCUT2D eigenvalue weighted by atomic mass is 32.1. The van der Waals surface area contributed by atoms with Gasteiger partial charge in [0.05, 0.1) is 5.69 Å². The number of nitrogens with zero attached hydrogens (tertiary/aromatic N) is 1.